The average molecular weight is 467 g/mol. The maximum Gasteiger partial charge on any atom is 0.321 e. The molecule has 1 aromatic heterocycles. The highest BCUT2D eigenvalue weighted by Gasteiger charge is 2.38. The Morgan fingerprint density at radius 2 is 1.74 bits per heavy atom. The number of hydrogen-bond donors (Lipinski definition) is 1. The third-order valence-corrected chi connectivity index (χ3v) is 7.27. The van der Waals surface area contributed by atoms with Gasteiger partial charge in [0.25, 0.3) is 0 Å². The number of anilines is 1. The number of urea groups is 1. The van der Waals surface area contributed by atoms with E-state index in [1.165, 1.54) is 18.4 Å². The van der Waals surface area contributed by atoms with Gasteiger partial charge >= 0.3 is 6.03 Å². The van der Waals surface area contributed by atoms with E-state index in [-0.39, 0.29) is 18.0 Å². The normalized spacial score (nSPS) is 18.3. The summed E-state index contributed by atoms with van der Waals surface area (Å²) in [5, 5.41) is 3.03. The Kier molecular flexibility index (Phi) is 7.93. The lowest BCUT2D eigenvalue weighted by Gasteiger charge is -2.41. The molecule has 7 nitrogen and oxygen atoms in total. The van der Waals surface area contributed by atoms with Crippen LogP contribution in [-0.2, 0) is 11.3 Å². The Labute approximate surface area is 203 Å². The molecule has 2 aromatic rings. The minimum absolute atomic E-state index is 0.0735. The number of amides is 3. The van der Waals surface area contributed by atoms with E-state index in [9.17, 15) is 9.59 Å². The predicted octanol–water partition coefficient (Wildman–Crippen LogP) is 4.77. The molecule has 1 unspecified atom stereocenters. The lowest BCUT2D eigenvalue weighted by atomic mass is 9.94. The van der Waals surface area contributed by atoms with Crippen LogP contribution in [0.4, 0.5) is 10.5 Å². The maximum atomic E-state index is 13.5. The first-order valence-corrected chi connectivity index (χ1v) is 12.6. The monoisotopic (exact) mass is 466 g/mol. The topological polar surface area (TPSA) is 69.0 Å². The first-order chi connectivity index (χ1) is 16.4. The summed E-state index contributed by atoms with van der Waals surface area (Å²) in [6.45, 7) is 7.45. The zero-order valence-electron chi connectivity index (χ0n) is 20.7. The summed E-state index contributed by atoms with van der Waals surface area (Å²) in [4.78, 5) is 32.3. The smallest absolute Gasteiger partial charge is 0.321 e. The number of furan rings is 1. The largest absolute Gasteiger partial charge is 0.467 e. The number of carbonyl (C=O) groups excluding carboxylic acids is 2. The van der Waals surface area contributed by atoms with Crippen molar-refractivity contribution in [2.24, 2.45) is 5.92 Å². The number of nitrogens with zero attached hydrogens (tertiary/aromatic N) is 3. The van der Waals surface area contributed by atoms with Crippen molar-refractivity contribution in [3.8, 4) is 0 Å². The molecule has 2 heterocycles. The number of hydrogen-bond acceptors (Lipinski definition) is 4. The molecule has 1 saturated carbocycles. The molecule has 1 saturated heterocycles. The van der Waals surface area contributed by atoms with E-state index in [0.717, 1.165) is 24.3 Å². The van der Waals surface area contributed by atoms with Crippen molar-refractivity contribution < 1.29 is 14.0 Å². The van der Waals surface area contributed by atoms with Crippen LogP contribution in [0, 0.1) is 5.92 Å². The Balaban J connectivity index is 1.35. The van der Waals surface area contributed by atoms with Crippen LogP contribution in [0.15, 0.2) is 47.1 Å². The first-order valence-electron chi connectivity index (χ1n) is 12.6. The summed E-state index contributed by atoms with van der Waals surface area (Å²) >= 11 is 0. The highest BCUT2D eigenvalue weighted by Crippen LogP contribution is 2.32. The Morgan fingerprint density at radius 1 is 1.06 bits per heavy atom. The average Bonchev–Trinajstić information content (AvgIpc) is 3.55. The van der Waals surface area contributed by atoms with E-state index in [4.69, 9.17) is 4.42 Å². The molecule has 1 aromatic carbocycles. The van der Waals surface area contributed by atoms with Gasteiger partial charge in [0.2, 0.25) is 5.91 Å². The van der Waals surface area contributed by atoms with Gasteiger partial charge < -0.3 is 19.5 Å². The molecular weight excluding hydrogens is 428 g/mol. The van der Waals surface area contributed by atoms with E-state index in [1.807, 2.05) is 36.2 Å². The lowest BCUT2D eigenvalue weighted by molar-refractivity contribution is -0.139. The summed E-state index contributed by atoms with van der Waals surface area (Å²) in [6, 6.07) is 11.6. The number of likely N-dealkylation sites (N-methyl/N-ethyl adjacent to an activating group) is 1. The van der Waals surface area contributed by atoms with Crippen LogP contribution in [0.5, 0.6) is 0 Å². The van der Waals surface area contributed by atoms with Crippen LogP contribution < -0.4 is 5.32 Å². The van der Waals surface area contributed by atoms with Crippen molar-refractivity contribution in [2.75, 3.05) is 38.5 Å². The molecule has 1 aliphatic carbocycles. The Bertz CT molecular complexity index is 927. The number of piperazine rings is 1. The molecule has 1 aliphatic heterocycles. The third-order valence-electron chi connectivity index (χ3n) is 7.27. The minimum atomic E-state index is -0.128. The molecule has 184 valence electrons. The highest BCUT2D eigenvalue weighted by atomic mass is 16.3. The summed E-state index contributed by atoms with van der Waals surface area (Å²) in [7, 11) is 1.86. The summed E-state index contributed by atoms with van der Waals surface area (Å²) in [5.74, 6) is 1.80. The molecule has 34 heavy (non-hydrogen) atoms. The molecular formula is C27H38N4O3. The van der Waals surface area contributed by atoms with E-state index < -0.39 is 0 Å². The molecule has 0 spiro atoms. The van der Waals surface area contributed by atoms with Gasteiger partial charge in [0.05, 0.1) is 18.8 Å². The van der Waals surface area contributed by atoms with Gasteiger partial charge in [-0.15, -0.1) is 0 Å². The SMILES string of the molecule is CC(C)c1ccc(NC(=O)N2CCN(C(C(=O)N(C)Cc3ccco3)C3CCCC3)CC2)cc1. The number of nitrogens with one attached hydrogen (secondary N) is 1. The van der Waals surface area contributed by atoms with Crippen LogP contribution in [0.3, 0.4) is 0 Å². The summed E-state index contributed by atoms with van der Waals surface area (Å²) in [6.07, 6.45) is 6.21. The van der Waals surface area contributed by atoms with E-state index in [0.29, 0.717) is 44.6 Å². The molecule has 3 amide bonds. The van der Waals surface area contributed by atoms with E-state index >= 15 is 0 Å². The molecule has 1 atom stereocenters. The van der Waals surface area contributed by atoms with Gasteiger partial charge in [-0.3, -0.25) is 9.69 Å². The van der Waals surface area contributed by atoms with Crippen LogP contribution in [-0.4, -0.2) is 65.9 Å². The van der Waals surface area contributed by atoms with Gasteiger partial charge in [-0.25, -0.2) is 4.79 Å². The second kappa shape index (κ2) is 11.1. The van der Waals surface area contributed by atoms with Crippen LogP contribution >= 0.6 is 0 Å². The number of carbonyl (C=O) groups is 2. The van der Waals surface area contributed by atoms with Crippen molar-refractivity contribution in [3.05, 3.63) is 54.0 Å². The fraction of sp³-hybridized carbons (Fsp3) is 0.556. The highest BCUT2D eigenvalue weighted by molar-refractivity contribution is 5.89. The fourth-order valence-electron chi connectivity index (χ4n) is 5.23. The van der Waals surface area contributed by atoms with Gasteiger partial charge in [-0.05, 0) is 54.5 Å². The van der Waals surface area contributed by atoms with Crippen molar-refractivity contribution >= 4 is 17.6 Å². The van der Waals surface area contributed by atoms with Crippen molar-refractivity contribution in [3.63, 3.8) is 0 Å². The molecule has 1 N–H and O–H groups in total. The second-order valence-electron chi connectivity index (χ2n) is 9.99. The van der Waals surface area contributed by atoms with Crippen molar-refractivity contribution in [1.29, 1.82) is 0 Å². The minimum Gasteiger partial charge on any atom is -0.467 e. The first kappa shape index (κ1) is 24.3. The van der Waals surface area contributed by atoms with Crippen molar-refractivity contribution in [2.45, 2.75) is 58.0 Å². The third kappa shape index (κ3) is 5.81. The Morgan fingerprint density at radius 3 is 2.32 bits per heavy atom. The van der Waals surface area contributed by atoms with E-state index in [2.05, 4.69) is 36.2 Å². The van der Waals surface area contributed by atoms with Crippen LogP contribution in [0.25, 0.3) is 0 Å². The van der Waals surface area contributed by atoms with Gasteiger partial charge in [-0.2, -0.15) is 0 Å². The molecule has 2 aliphatic rings. The van der Waals surface area contributed by atoms with Gasteiger partial charge in [0.1, 0.15) is 5.76 Å². The predicted molar refractivity (Wildman–Crippen MR) is 134 cm³/mol. The van der Waals surface area contributed by atoms with Crippen LogP contribution in [0.1, 0.15) is 56.8 Å². The summed E-state index contributed by atoms with van der Waals surface area (Å²) < 4.78 is 5.45. The molecule has 7 heteroatoms. The van der Waals surface area contributed by atoms with Gasteiger partial charge in [0, 0.05) is 38.9 Å². The zero-order chi connectivity index (χ0) is 24.1. The van der Waals surface area contributed by atoms with Gasteiger partial charge in [0.15, 0.2) is 0 Å². The standard InChI is InChI=1S/C27H38N4O3/c1-20(2)21-10-12-23(13-11-21)28-27(33)31-16-14-30(15-17-31)25(22-7-4-5-8-22)26(32)29(3)19-24-9-6-18-34-24/h6,9-13,18,20,22,25H,4-5,7-8,14-17,19H2,1-3H3,(H,28,33). The van der Waals surface area contributed by atoms with Gasteiger partial charge in [-0.1, -0.05) is 38.8 Å². The maximum absolute atomic E-state index is 13.5. The molecule has 0 bridgehead atoms. The quantitative estimate of drug-likeness (QED) is 0.638. The number of rotatable bonds is 7. The molecule has 4 rings (SSSR count). The fourth-order valence-corrected chi connectivity index (χ4v) is 5.23. The lowest BCUT2D eigenvalue weighted by Crippen LogP contribution is -2.58. The van der Waals surface area contributed by atoms with E-state index in [1.54, 1.807) is 11.2 Å². The van der Waals surface area contributed by atoms with Crippen LogP contribution in [0.2, 0.25) is 0 Å². The second-order valence-corrected chi connectivity index (χ2v) is 9.99. The summed E-state index contributed by atoms with van der Waals surface area (Å²) in [5.41, 5.74) is 2.07. The Hall–Kier alpha value is -2.80. The molecule has 2 fully saturated rings. The molecule has 0 radical (unpaired) electrons. The van der Waals surface area contributed by atoms with Crippen molar-refractivity contribution in [1.82, 2.24) is 14.7 Å². The zero-order valence-corrected chi connectivity index (χ0v) is 20.7. The number of benzene rings is 1.